The van der Waals surface area contributed by atoms with Crippen molar-refractivity contribution in [3.05, 3.63) is 47.8 Å². The van der Waals surface area contributed by atoms with Crippen LogP contribution in [0.25, 0.3) is 0 Å². The molecule has 0 aromatic heterocycles. The molecule has 0 spiro atoms. The summed E-state index contributed by atoms with van der Waals surface area (Å²) in [6.07, 6.45) is 5.55. The number of phenols is 1. The molecule has 0 saturated heterocycles. The summed E-state index contributed by atoms with van der Waals surface area (Å²) < 4.78 is 14.3. The third-order valence-electron chi connectivity index (χ3n) is 3.37. The van der Waals surface area contributed by atoms with Gasteiger partial charge in [0.25, 0.3) is 0 Å². The van der Waals surface area contributed by atoms with Crippen LogP contribution in [0.2, 0.25) is 0 Å². The van der Waals surface area contributed by atoms with Crippen LogP contribution in [0.4, 0.5) is 21.5 Å². The molecule has 2 aromatic carbocycles. The summed E-state index contributed by atoms with van der Waals surface area (Å²) >= 11 is 0. The number of hydrogen-bond acceptors (Lipinski definition) is 4. The van der Waals surface area contributed by atoms with Crippen molar-refractivity contribution in [2.45, 2.75) is 19.4 Å². The van der Waals surface area contributed by atoms with Crippen molar-refractivity contribution in [2.24, 2.45) is 0 Å². The van der Waals surface area contributed by atoms with Crippen molar-refractivity contribution in [3.8, 4) is 18.1 Å². The van der Waals surface area contributed by atoms with Gasteiger partial charge < -0.3 is 21.5 Å². The number of anilines is 3. The Labute approximate surface area is 139 Å². The Morgan fingerprint density at radius 3 is 2.54 bits per heavy atom. The highest BCUT2D eigenvalue weighted by atomic mass is 19.1. The number of benzene rings is 2. The zero-order chi connectivity index (χ0) is 17.5. The lowest BCUT2D eigenvalue weighted by molar-refractivity contribution is -0.116. The normalized spacial score (nSPS) is 10.0. The molecule has 2 rings (SSSR count). The van der Waals surface area contributed by atoms with Gasteiger partial charge in [0.2, 0.25) is 5.91 Å². The largest absolute Gasteiger partial charge is 0.508 e. The predicted molar refractivity (Wildman–Crippen MR) is 92.9 cm³/mol. The number of nitrogens with two attached hydrogens (primary N) is 1. The molecule has 5 N–H and O–H groups in total. The van der Waals surface area contributed by atoms with Gasteiger partial charge in [-0.05, 0) is 29.8 Å². The summed E-state index contributed by atoms with van der Waals surface area (Å²) in [5.41, 5.74) is 6.92. The summed E-state index contributed by atoms with van der Waals surface area (Å²) in [5, 5.41) is 14.7. The molecular formula is C18H18FN3O2. The number of nitrogens with one attached hydrogen (secondary N) is 2. The Morgan fingerprint density at radius 1 is 1.21 bits per heavy atom. The zero-order valence-electron chi connectivity index (χ0n) is 13.0. The van der Waals surface area contributed by atoms with Gasteiger partial charge in [-0.1, -0.05) is 12.1 Å². The Balaban J connectivity index is 2.05. The Bertz CT molecular complexity index is 767. The third-order valence-corrected chi connectivity index (χ3v) is 3.37. The van der Waals surface area contributed by atoms with Gasteiger partial charge in [0.1, 0.15) is 5.75 Å². The Morgan fingerprint density at radius 2 is 1.88 bits per heavy atom. The van der Waals surface area contributed by atoms with Crippen molar-refractivity contribution in [3.63, 3.8) is 0 Å². The van der Waals surface area contributed by atoms with E-state index in [1.807, 2.05) is 0 Å². The molecule has 5 nitrogen and oxygen atoms in total. The van der Waals surface area contributed by atoms with E-state index >= 15 is 0 Å². The molecule has 0 aliphatic heterocycles. The molecule has 2 aromatic rings. The molecule has 0 aliphatic carbocycles. The van der Waals surface area contributed by atoms with Crippen LogP contribution in [0.1, 0.15) is 18.4 Å². The first-order valence-corrected chi connectivity index (χ1v) is 7.34. The van der Waals surface area contributed by atoms with Crippen molar-refractivity contribution < 1.29 is 14.3 Å². The van der Waals surface area contributed by atoms with Crippen LogP contribution in [0, 0.1) is 18.2 Å². The molecular weight excluding hydrogens is 309 g/mol. The van der Waals surface area contributed by atoms with E-state index in [1.165, 1.54) is 12.1 Å². The number of nitrogen functional groups attached to an aromatic ring is 1. The highest BCUT2D eigenvalue weighted by Crippen LogP contribution is 2.28. The lowest BCUT2D eigenvalue weighted by Crippen LogP contribution is -2.13. The van der Waals surface area contributed by atoms with Gasteiger partial charge in [0.05, 0.1) is 17.1 Å². The van der Waals surface area contributed by atoms with Crippen molar-refractivity contribution in [1.82, 2.24) is 0 Å². The van der Waals surface area contributed by atoms with Gasteiger partial charge in [-0.3, -0.25) is 4.79 Å². The summed E-state index contributed by atoms with van der Waals surface area (Å²) in [7, 11) is 0. The topological polar surface area (TPSA) is 87.4 Å². The van der Waals surface area contributed by atoms with Gasteiger partial charge >= 0.3 is 0 Å². The van der Waals surface area contributed by atoms with E-state index in [0.717, 1.165) is 5.56 Å². The third kappa shape index (κ3) is 4.40. The molecule has 24 heavy (non-hydrogen) atoms. The smallest absolute Gasteiger partial charge is 0.225 e. The second kappa shape index (κ2) is 7.88. The van der Waals surface area contributed by atoms with Crippen molar-refractivity contribution >= 4 is 23.0 Å². The predicted octanol–water partition coefficient (Wildman–Crippen LogP) is 3.08. The van der Waals surface area contributed by atoms with E-state index in [-0.39, 0.29) is 35.1 Å². The minimum atomic E-state index is -0.636. The number of aromatic hydroxyl groups is 1. The minimum absolute atomic E-state index is 0.139. The quantitative estimate of drug-likeness (QED) is 0.485. The minimum Gasteiger partial charge on any atom is -0.508 e. The van der Waals surface area contributed by atoms with Crippen LogP contribution >= 0.6 is 0 Å². The first-order valence-electron chi connectivity index (χ1n) is 7.34. The van der Waals surface area contributed by atoms with Gasteiger partial charge in [0, 0.05) is 19.4 Å². The van der Waals surface area contributed by atoms with Crippen LogP contribution in [-0.4, -0.2) is 11.0 Å². The summed E-state index contributed by atoms with van der Waals surface area (Å²) in [6, 6.07) is 9.59. The molecule has 0 fully saturated rings. The average molecular weight is 327 g/mol. The van der Waals surface area contributed by atoms with Gasteiger partial charge in [0.15, 0.2) is 5.82 Å². The Hall–Kier alpha value is -3.20. The maximum absolute atomic E-state index is 14.3. The standard InChI is InChI=1S/C18H18FN3O2/c1-2-3-4-16(24)22-15-10-9-14(17(19)18(15)20)21-11-12-5-7-13(23)8-6-12/h1,5-10,21,23H,3-4,11,20H2,(H,22,24). The van der Waals surface area contributed by atoms with Gasteiger partial charge in [-0.15, -0.1) is 12.3 Å². The molecule has 6 heteroatoms. The van der Waals surface area contributed by atoms with E-state index in [4.69, 9.17) is 12.2 Å². The molecule has 0 saturated carbocycles. The maximum atomic E-state index is 14.3. The molecule has 1 amide bonds. The number of amides is 1. The second-order valence-corrected chi connectivity index (χ2v) is 5.16. The Kier molecular flexibility index (Phi) is 5.63. The monoisotopic (exact) mass is 327 g/mol. The lowest BCUT2D eigenvalue weighted by atomic mass is 10.2. The van der Waals surface area contributed by atoms with Crippen LogP contribution in [0.15, 0.2) is 36.4 Å². The fourth-order valence-corrected chi connectivity index (χ4v) is 2.05. The number of carbonyl (C=O) groups is 1. The highest BCUT2D eigenvalue weighted by Gasteiger charge is 2.12. The first-order chi connectivity index (χ1) is 11.5. The van der Waals surface area contributed by atoms with E-state index in [2.05, 4.69) is 16.6 Å². The molecule has 0 aliphatic rings. The molecule has 0 radical (unpaired) electrons. The van der Waals surface area contributed by atoms with Crippen LogP contribution in [-0.2, 0) is 11.3 Å². The number of terminal acetylenes is 1. The number of carbonyl (C=O) groups excluding carboxylic acids is 1. The van der Waals surface area contributed by atoms with Gasteiger partial charge in [-0.2, -0.15) is 0 Å². The summed E-state index contributed by atoms with van der Waals surface area (Å²) in [5.74, 6) is 1.58. The van der Waals surface area contributed by atoms with Crippen molar-refractivity contribution in [2.75, 3.05) is 16.4 Å². The highest BCUT2D eigenvalue weighted by molar-refractivity contribution is 5.94. The van der Waals surface area contributed by atoms with E-state index in [1.54, 1.807) is 24.3 Å². The fourth-order valence-electron chi connectivity index (χ4n) is 2.05. The average Bonchev–Trinajstić information content (AvgIpc) is 2.58. The SMILES string of the molecule is C#CCCC(=O)Nc1ccc(NCc2ccc(O)cc2)c(F)c1N. The van der Waals surface area contributed by atoms with Crippen LogP contribution in [0.3, 0.4) is 0 Å². The molecule has 0 heterocycles. The number of phenolic OH excluding ortho intramolecular Hbond substituents is 1. The zero-order valence-corrected chi connectivity index (χ0v) is 13.0. The van der Waals surface area contributed by atoms with E-state index < -0.39 is 5.82 Å². The summed E-state index contributed by atoms with van der Waals surface area (Å²) in [6.45, 7) is 0.366. The first kappa shape index (κ1) is 17.2. The fraction of sp³-hybridized carbons (Fsp3) is 0.167. The maximum Gasteiger partial charge on any atom is 0.225 e. The van der Waals surface area contributed by atoms with Crippen molar-refractivity contribution in [1.29, 1.82) is 0 Å². The van der Waals surface area contributed by atoms with Crippen LogP contribution in [0.5, 0.6) is 5.75 Å². The van der Waals surface area contributed by atoms with Gasteiger partial charge in [-0.25, -0.2) is 4.39 Å². The lowest BCUT2D eigenvalue weighted by Gasteiger charge is -2.13. The number of halogens is 1. The summed E-state index contributed by atoms with van der Waals surface area (Å²) in [4.78, 5) is 11.6. The molecule has 124 valence electrons. The number of hydrogen-bond donors (Lipinski definition) is 4. The van der Waals surface area contributed by atoms with Crippen LogP contribution < -0.4 is 16.4 Å². The van der Waals surface area contributed by atoms with E-state index in [9.17, 15) is 14.3 Å². The molecule has 0 bridgehead atoms. The van der Waals surface area contributed by atoms with E-state index in [0.29, 0.717) is 13.0 Å². The second-order valence-electron chi connectivity index (χ2n) is 5.16. The molecule has 0 atom stereocenters. The number of rotatable bonds is 6. The molecule has 0 unspecified atom stereocenters.